The zero-order valence-electron chi connectivity index (χ0n) is 18.0. The lowest BCUT2D eigenvalue weighted by Gasteiger charge is -2.20. The number of aromatic nitrogens is 1. The number of carbonyl (C=O) groups excluding carboxylic acids is 2. The van der Waals surface area contributed by atoms with Gasteiger partial charge in [0.05, 0.1) is 16.9 Å². The van der Waals surface area contributed by atoms with Crippen molar-refractivity contribution in [2.45, 2.75) is 12.6 Å². The highest BCUT2D eigenvalue weighted by atomic mass is 19.1. The van der Waals surface area contributed by atoms with Crippen molar-refractivity contribution in [1.82, 2.24) is 10.3 Å². The molecule has 3 aromatic carbocycles. The molecule has 0 spiro atoms. The van der Waals surface area contributed by atoms with Gasteiger partial charge in [0.2, 0.25) is 6.17 Å². The van der Waals surface area contributed by atoms with Crippen molar-refractivity contribution in [2.24, 2.45) is 4.99 Å². The summed E-state index contributed by atoms with van der Waals surface area (Å²) in [5.74, 6) is -1.32. The highest BCUT2D eigenvalue weighted by Crippen LogP contribution is 2.36. The molecule has 34 heavy (non-hydrogen) atoms. The van der Waals surface area contributed by atoms with Gasteiger partial charge in [-0.2, -0.15) is 0 Å². The molecule has 0 bridgehead atoms. The quantitative estimate of drug-likeness (QED) is 0.515. The molecule has 0 aliphatic carbocycles. The molecule has 1 unspecified atom stereocenters. The number of nitrogens with one attached hydrogen (secondary N) is 1. The summed E-state index contributed by atoms with van der Waals surface area (Å²) in [4.78, 5) is 37.3. The fourth-order valence-electron chi connectivity index (χ4n) is 4.62. The Morgan fingerprint density at radius 3 is 2.62 bits per heavy atom. The van der Waals surface area contributed by atoms with Crippen molar-refractivity contribution in [3.8, 4) is 0 Å². The smallest absolute Gasteiger partial charge is 0.272 e. The molecule has 1 atom stereocenters. The third kappa shape index (κ3) is 3.25. The first-order valence-corrected chi connectivity index (χ1v) is 11.0. The van der Waals surface area contributed by atoms with Gasteiger partial charge in [0.1, 0.15) is 11.5 Å². The van der Waals surface area contributed by atoms with Gasteiger partial charge in [-0.3, -0.25) is 9.59 Å². The third-order valence-corrected chi connectivity index (χ3v) is 6.24. The number of pyridine rings is 1. The van der Waals surface area contributed by atoms with Gasteiger partial charge in [0.15, 0.2) is 0 Å². The maximum atomic E-state index is 14.8. The van der Waals surface area contributed by atoms with Gasteiger partial charge in [-0.25, -0.2) is 14.4 Å². The first-order valence-electron chi connectivity index (χ1n) is 11.0. The van der Waals surface area contributed by atoms with Crippen LogP contribution in [0.2, 0.25) is 0 Å². The van der Waals surface area contributed by atoms with E-state index >= 15 is 0 Å². The molecule has 0 saturated carbocycles. The lowest BCUT2D eigenvalue weighted by Crippen LogP contribution is -2.47. The zero-order valence-corrected chi connectivity index (χ0v) is 18.0. The summed E-state index contributed by atoms with van der Waals surface area (Å²) in [5, 5.41) is 3.64. The summed E-state index contributed by atoms with van der Waals surface area (Å²) in [5.41, 5.74) is 3.87. The van der Waals surface area contributed by atoms with Crippen molar-refractivity contribution in [2.75, 3.05) is 11.4 Å². The van der Waals surface area contributed by atoms with E-state index in [1.165, 1.54) is 6.07 Å². The molecular formula is C27H19FN4O2. The predicted molar refractivity (Wildman–Crippen MR) is 128 cm³/mol. The largest absolute Gasteiger partial charge is 0.321 e. The molecule has 6 nitrogen and oxygen atoms in total. The molecule has 2 aliphatic rings. The lowest BCUT2D eigenvalue weighted by atomic mass is 9.98. The SMILES string of the molecule is O=C(NC1N=C(c2ccccc2F)c2cccc3c2N(CC3)C1=O)c1ccc2ccccc2n1. The number of amides is 2. The first kappa shape index (κ1) is 20.2. The second-order valence-corrected chi connectivity index (χ2v) is 8.28. The van der Waals surface area contributed by atoms with E-state index in [0.717, 1.165) is 16.6 Å². The van der Waals surface area contributed by atoms with Crippen LogP contribution in [0.3, 0.4) is 0 Å². The molecule has 3 heterocycles. The topological polar surface area (TPSA) is 74.7 Å². The lowest BCUT2D eigenvalue weighted by molar-refractivity contribution is -0.120. The minimum atomic E-state index is -1.21. The van der Waals surface area contributed by atoms with E-state index in [1.807, 2.05) is 48.5 Å². The van der Waals surface area contributed by atoms with Gasteiger partial charge in [-0.05, 0) is 36.2 Å². The molecule has 2 amide bonds. The second-order valence-electron chi connectivity index (χ2n) is 8.28. The second kappa shape index (κ2) is 7.88. The average Bonchev–Trinajstić information content (AvgIpc) is 3.26. The van der Waals surface area contributed by atoms with Crippen LogP contribution in [0.25, 0.3) is 10.9 Å². The molecule has 4 aromatic rings. The van der Waals surface area contributed by atoms with Crippen LogP contribution in [-0.4, -0.2) is 35.2 Å². The number of benzene rings is 3. The Kier molecular flexibility index (Phi) is 4.69. The van der Waals surface area contributed by atoms with Crippen molar-refractivity contribution in [1.29, 1.82) is 0 Å². The molecule has 7 heteroatoms. The fraction of sp³-hybridized carbons (Fsp3) is 0.111. The van der Waals surface area contributed by atoms with Crippen molar-refractivity contribution < 1.29 is 14.0 Å². The number of anilines is 1. The van der Waals surface area contributed by atoms with Gasteiger partial charge in [-0.15, -0.1) is 0 Å². The Labute approximate surface area is 194 Å². The predicted octanol–water partition coefficient (Wildman–Crippen LogP) is 3.87. The van der Waals surface area contributed by atoms with Gasteiger partial charge < -0.3 is 10.2 Å². The number of fused-ring (bicyclic) bond motifs is 1. The van der Waals surface area contributed by atoms with Gasteiger partial charge >= 0.3 is 0 Å². The summed E-state index contributed by atoms with van der Waals surface area (Å²) < 4.78 is 14.8. The van der Waals surface area contributed by atoms with Crippen LogP contribution >= 0.6 is 0 Å². The van der Waals surface area contributed by atoms with E-state index < -0.39 is 17.9 Å². The number of para-hydroxylation sites is 2. The third-order valence-electron chi connectivity index (χ3n) is 6.24. The van der Waals surface area contributed by atoms with E-state index in [1.54, 1.807) is 29.2 Å². The number of carbonyl (C=O) groups is 2. The van der Waals surface area contributed by atoms with Gasteiger partial charge in [-0.1, -0.05) is 54.6 Å². The van der Waals surface area contributed by atoms with Crippen molar-refractivity contribution in [3.05, 3.63) is 107 Å². The number of hydrogen-bond donors (Lipinski definition) is 1. The fourth-order valence-corrected chi connectivity index (χ4v) is 4.62. The summed E-state index contributed by atoms with van der Waals surface area (Å²) >= 11 is 0. The highest BCUT2D eigenvalue weighted by Gasteiger charge is 2.37. The molecule has 6 rings (SSSR count). The number of halogens is 1. The van der Waals surface area contributed by atoms with Crippen LogP contribution in [0.1, 0.15) is 27.2 Å². The standard InChI is InChI=1S/C27H19FN4O2/c28-20-10-3-2-8-18(20)23-19-9-5-7-17-14-15-32(24(17)19)27(34)25(30-23)31-26(33)22-13-12-16-6-1-4-11-21(16)29-22/h1-13,25H,14-15H2,(H,31,33). The molecule has 2 aliphatic heterocycles. The van der Waals surface area contributed by atoms with Gasteiger partial charge in [0, 0.05) is 23.1 Å². The summed E-state index contributed by atoms with van der Waals surface area (Å²) in [6, 6.07) is 22.9. The summed E-state index contributed by atoms with van der Waals surface area (Å²) in [7, 11) is 0. The minimum absolute atomic E-state index is 0.179. The molecule has 0 saturated heterocycles. The van der Waals surface area contributed by atoms with Crippen molar-refractivity contribution in [3.63, 3.8) is 0 Å². The monoisotopic (exact) mass is 450 g/mol. The highest BCUT2D eigenvalue weighted by molar-refractivity contribution is 6.21. The molecule has 0 radical (unpaired) electrons. The molecule has 1 aromatic heterocycles. The summed E-state index contributed by atoms with van der Waals surface area (Å²) in [6.07, 6.45) is -0.527. The summed E-state index contributed by atoms with van der Waals surface area (Å²) in [6.45, 7) is 0.478. The molecular weight excluding hydrogens is 431 g/mol. The van der Waals surface area contributed by atoms with Crippen LogP contribution in [0.4, 0.5) is 10.1 Å². The van der Waals surface area contributed by atoms with Crippen LogP contribution < -0.4 is 10.2 Å². The minimum Gasteiger partial charge on any atom is -0.321 e. The Hall–Kier alpha value is -4.39. The Morgan fingerprint density at radius 2 is 1.74 bits per heavy atom. The first-order chi connectivity index (χ1) is 16.6. The number of nitrogens with zero attached hydrogens (tertiary/aromatic N) is 3. The molecule has 1 N–H and O–H groups in total. The Morgan fingerprint density at radius 1 is 0.941 bits per heavy atom. The average molecular weight is 450 g/mol. The zero-order chi connectivity index (χ0) is 23.2. The maximum Gasteiger partial charge on any atom is 0.272 e. The number of hydrogen-bond acceptors (Lipinski definition) is 4. The Balaban J connectivity index is 1.44. The number of aliphatic imine (C=N–C) groups is 1. The normalized spacial score (nSPS) is 16.7. The Bertz CT molecular complexity index is 1510. The van der Waals surface area contributed by atoms with E-state index in [0.29, 0.717) is 29.8 Å². The molecule has 166 valence electrons. The van der Waals surface area contributed by atoms with Crippen LogP contribution in [0, 0.1) is 5.82 Å². The van der Waals surface area contributed by atoms with Crippen LogP contribution in [0.15, 0.2) is 83.9 Å². The van der Waals surface area contributed by atoms with Crippen LogP contribution in [-0.2, 0) is 11.2 Å². The van der Waals surface area contributed by atoms with E-state index in [2.05, 4.69) is 15.3 Å². The molecule has 0 fully saturated rings. The van der Waals surface area contributed by atoms with Crippen molar-refractivity contribution >= 4 is 34.1 Å². The van der Waals surface area contributed by atoms with Gasteiger partial charge in [0.25, 0.3) is 11.8 Å². The maximum absolute atomic E-state index is 14.8. The van der Waals surface area contributed by atoms with E-state index in [-0.39, 0.29) is 17.2 Å². The van der Waals surface area contributed by atoms with E-state index in [9.17, 15) is 14.0 Å². The van der Waals surface area contributed by atoms with Crippen LogP contribution in [0.5, 0.6) is 0 Å². The number of rotatable bonds is 3. The van der Waals surface area contributed by atoms with E-state index in [4.69, 9.17) is 0 Å².